The second-order valence-electron chi connectivity index (χ2n) is 6.74. The van der Waals surface area contributed by atoms with Gasteiger partial charge in [0.25, 0.3) is 0 Å². The van der Waals surface area contributed by atoms with E-state index in [-0.39, 0.29) is 11.9 Å². The average Bonchev–Trinajstić information content (AvgIpc) is 3.18. The first-order valence-electron chi connectivity index (χ1n) is 8.71. The van der Waals surface area contributed by atoms with Crippen molar-refractivity contribution in [3.8, 4) is 0 Å². The SMILES string of the molecule is Cc1noc(C)c1Cc1nnc2n1[C@@H](C)C(=O)N(Cc1ccccc1)C2. The van der Waals surface area contributed by atoms with Gasteiger partial charge in [-0.15, -0.1) is 10.2 Å². The van der Waals surface area contributed by atoms with Crippen molar-refractivity contribution in [2.75, 3.05) is 0 Å². The summed E-state index contributed by atoms with van der Waals surface area (Å²) in [6.07, 6.45) is 0.560. The Morgan fingerprint density at radius 3 is 2.65 bits per heavy atom. The molecule has 0 saturated carbocycles. The second-order valence-corrected chi connectivity index (χ2v) is 6.74. The summed E-state index contributed by atoms with van der Waals surface area (Å²) in [5.74, 6) is 2.45. The van der Waals surface area contributed by atoms with Crippen molar-refractivity contribution in [1.29, 1.82) is 0 Å². The molecule has 26 heavy (non-hydrogen) atoms. The van der Waals surface area contributed by atoms with E-state index in [0.29, 0.717) is 19.5 Å². The van der Waals surface area contributed by atoms with Crippen LogP contribution in [0.25, 0.3) is 0 Å². The maximum absolute atomic E-state index is 12.9. The zero-order chi connectivity index (χ0) is 18.3. The summed E-state index contributed by atoms with van der Waals surface area (Å²) in [5, 5.41) is 12.7. The number of rotatable bonds is 4. The van der Waals surface area contributed by atoms with E-state index in [1.54, 1.807) is 0 Å². The number of aromatic nitrogens is 4. The molecule has 0 unspecified atom stereocenters. The highest BCUT2D eigenvalue weighted by Gasteiger charge is 2.33. The maximum Gasteiger partial charge on any atom is 0.246 e. The molecule has 3 aromatic rings. The highest BCUT2D eigenvalue weighted by atomic mass is 16.5. The van der Waals surface area contributed by atoms with Gasteiger partial charge in [-0.25, -0.2) is 0 Å². The number of amides is 1. The molecule has 4 rings (SSSR count). The lowest BCUT2D eigenvalue weighted by Gasteiger charge is -2.32. The number of fused-ring (bicyclic) bond motifs is 1. The molecular weight excluding hydrogens is 330 g/mol. The zero-order valence-corrected chi connectivity index (χ0v) is 15.1. The first-order valence-corrected chi connectivity index (χ1v) is 8.71. The third kappa shape index (κ3) is 2.79. The lowest BCUT2D eigenvalue weighted by Crippen LogP contribution is -2.41. The number of hydrogen-bond donors (Lipinski definition) is 0. The largest absolute Gasteiger partial charge is 0.361 e. The number of nitrogens with zero attached hydrogens (tertiary/aromatic N) is 5. The Morgan fingerprint density at radius 2 is 1.96 bits per heavy atom. The van der Waals surface area contributed by atoms with Crippen LogP contribution in [0.4, 0.5) is 0 Å². The molecule has 7 heteroatoms. The summed E-state index contributed by atoms with van der Waals surface area (Å²) in [6, 6.07) is 9.67. The van der Waals surface area contributed by atoms with Gasteiger partial charge >= 0.3 is 0 Å². The van der Waals surface area contributed by atoms with Crippen LogP contribution in [-0.4, -0.2) is 30.7 Å². The third-order valence-electron chi connectivity index (χ3n) is 4.96. The first kappa shape index (κ1) is 16.5. The van der Waals surface area contributed by atoms with Gasteiger partial charge in [0.2, 0.25) is 5.91 Å². The normalized spacial score (nSPS) is 16.8. The lowest BCUT2D eigenvalue weighted by molar-refractivity contribution is -0.137. The van der Waals surface area contributed by atoms with E-state index in [4.69, 9.17) is 4.52 Å². The molecule has 1 atom stereocenters. The van der Waals surface area contributed by atoms with Gasteiger partial charge in [-0.05, 0) is 26.3 Å². The summed E-state index contributed by atoms with van der Waals surface area (Å²) in [5.41, 5.74) is 2.96. The van der Waals surface area contributed by atoms with Crippen LogP contribution in [0.5, 0.6) is 0 Å². The standard InChI is InChI=1S/C19H21N5O2/c1-12-16(14(3)26-22-12)9-17-20-21-18-11-23(19(25)13(2)24(17)18)10-15-7-5-4-6-8-15/h4-8,13H,9-11H2,1-3H3/t13-/m0/s1. The van der Waals surface area contributed by atoms with Crippen LogP contribution in [0.3, 0.4) is 0 Å². The van der Waals surface area contributed by atoms with E-state index in [0.717, 1.165) is 34.2 Å². The highest BCUT2D eigenvalue weighted by molar-refractivity contribution is 5.81. The highest BCUT2D eigenvalue weighted by Crippen LogP contribution is 2.26. The van der Waals surface area contributed by atoms with Gasteiger partial charge in [0.15, 0.2) is 5.82 Å². The van der Waals surface area contributed by atoms with Crippen LogP contribution in [0.15, 0.2) is 34.9 Å². The molecule has 0 fully saturated rings. The summed E-state index contributed by atoms with van der Waals surface area (Å²) < 4.78 is 7.19. The fourth-order valence-corrected chi connectivity index (χ4v) is 3.51. The van der Waals surface area contributed by atoms with Gasteiger partial charge in [0.1, 0.15) is 17.6 Å². The topological polar surface area (TPSA) is 77.0 Å². The van der Waals surface area contributed by atoms with Gasteiger partial charge in [-0.2, -0.15) is 0 Å². The van der Waals surface area contributed by atoms with E-state index in [9.17, 15) is 4.79 Å². The van der Waals surface area contributed by atoms with Crippen molar-refractivity contribution >= 4 is 5.91 Å². The smallest absolute Gasteiger partial charge is 0.246 e. The molecule has 0 saturated heterocycles. The molecule has 134 valence electrons. The van der Waals surface area contributed by atoms with Crippen LogP contribution >= 0.6 is 0 Å². The van der Waals surface area contributed by atoms with Crippen LogP contribution < -0.4 is 0 Å². The maximum atomic E-state index is 12.9. The fraction of sp³-hybridized carbons (Fsp3) is 0.368. The fourth-order valence-electron chi connectivity index (χ4n) is 3.51. The minimum Gasteiger partial charge on any atom is -0.361 e. The predicted molar refractivity (Wildman–Crippen MR) is 94.2 cm³/mol. The van der Waals surface area contributed by atoms with Crippen LogP contribution in [0.2, 0.25) is 0 Å². The molecule has 0 spiro atoms. The van der Waals surface area contributed by atoms with E-state index in [1.807, 2.05) is 60.6 Å². The van der Waals surface area contributed by atoms with Crippen LogP contribution in [0.1, 0.15) is 47.2 Å². The molecule has 2 aromatic heterocycles. The molecule has 3 heterocycles. The summed E-state index contributed by atoms with van der Waals surface area (Å²) in [4.78, 5) is 14.7. The van der Waals surface area contributed by atoms with Crippen LogP contribution in [-0.2, 0) is 24.3 Å². The number of hydrogen-bond acceptors (Lipinski definition) is 5. The van der Waals surface area contributed by atoms with Gasteiger partial charge in [-0.1, -0.05) is 35.5 Å². The molecule has 0 aliphatic carbocycles. The molecule has 1 aliphatic heterocycles. The molecule has 0 radical (unpaired) electrons. The summed E-state index contributed by atoms with van der Waals surface area (Å²) in [7, 11) is 0. The zero-order valence-electron chi connectivity index (χ0n) is 15.1. The van der Waals surface area contributed by atoms with E-state index < -0.39 is 0 Å². The number of carbonyl (C=O) groups excluding carboxylic acids is 1. The first-order chi connectivity index (χ1) is 12.5. The van der Waals surface area contributed by atoms with Gasteiger partial charge in [-0.3, -0.25) is 4.79 Å². The average molecular weight is 351 g/mol. The third-order valence-corrected chi connectivity index (χ3v) is 4.96. The summed E-state index contributed by atoms with van der Waals surface area (Å²) >= 11 is 0. The monoisotopic (exact) mass is 351 g/mol. The van der Waals surface area contributed by atoms with Crippen molar-refractivity contribution in [2.45, 2.75) is 46.3 Å². The second kappa shape index (κ2) is 6.40. The predicted octanol–water partition coefficient (Wildman–Crippen LogP) is 2.58. The molecule has 1 aromatic carbocycles. The van der Waals surface area contributed by atoms with E-state index in [2.05, 4.69) is 15.4 Å². The molecular formula is C19H21N5O2. The Bertz CT molecular complexity index is 925. The molecule has 0 bridgehead atoms. The lowest BCUT2D eigenvalue weighted by atomic mass is 10.1. The van der Waals surface area contributed by atoms with E-state index >= 15 is 0 Å². The van der Waals surface area contributed by atoms with E-state index in [1.165, 1.54) is 0 Å². The van der Waals surface area contributed by atoms with Crippen LogP contribution in [0, 0.1) is 13.8 Å². The van der Waals surface area contributed by atoms with Crippen molar-refractivity contribution in [3.05, 3.63) is 64.6 Å². The van der Waals surface area contributed by atoms with Crippen molar-refractivity contribution in [1.82, 2.24) is 24.8 Å². The Labute approximate surface area is 151 Å². The Morgan fingerprint density at radius 1 is 1.19 bits per heavy atom. The van der Waals surface area contributed by atoms with Crippen molar-refractivity contribution < 1.29 is 9.32 Å². The number of carbonyl (C=O) groups is 1. The minimum atomic E-state index is -0.326. The quantitative estimate of drug-likeness (QED) is 0.722. The Balaban J connectivity index is 1.61. The van der Waals surface area contributed by atoms with Gasteiger partial charge in [0.05, 0.1) is 12.2 Å². The van der Waals surface area contributed by atoms with Crippen molar-refractivity contribution in [2.24, 2.45) is 0 Å². The number of benzene rings is 1. The van der Waals surface area contributed by atoms with Crippen molar-refractivity contribution in [3.63, 3.8) is 0 Å². The summed E-state index contributed by atoms with van der Waals surface area (Å²) in [6.45, 7) is 6.75. The Kier molecular flexibility index (Phi) is 4.06. The molecule has 0 N–H and O–H groups in total. The minimum absolute atomic E-state index is 0.0844. The number of aryl methyl sites for hydroxylation is 2. The Hall–Kier alpha value is -2.96. The van der Waals surface area contributed by atoms with Gasteiger partial charge in [0, 0.05) is 18.5 Å². The molecule has 7 nitrogen and oxygen atoms in total. The molecule has 1 amide bonds. The molecule has 1 aliphatic rings. The van der Waals surface area contributed by atoms with Gasteiger partial charge < -0.3 is 14.0 Å².